The fraction of sp³-hybridized carbons (Fsp3) is 0.867. The summed E-state index contributed by atoms with van der Waals surface area (Å²) in [5.41, 5.74) is 0. The summed E-state index contributed by atoms with van der Waals surface area (Å²) in [5, 5.41) is 5.64. The van der Waals surface area contributed by atoms with Crippen molar-refractivity contribution in [1.82, 2.24) is 10.6 Å². The smallest absolute Gasteiger partial charge is 0.246 e. The van der Waals surface area contributed by atoms with Gasteiger partial charge in [0, 0.05) is 19.5 Å². The number of amides is 1. The zero-order valence-corrected chi connectivity index (χ0v) is 14.2. The number of carbonyl (C=O) groups excluding carboxylic acids is 2. The van der Waals surface area contributed by atoms with Gasteiger partial charge in [0.25, 0.3) is 0 Å². The van der Waals surface area contributed by atoms with Crippen LogP contribution in [-0.4, -0.2) is 84.7 Å². The summed E-state index contributed by atoms with van der Waals surface area (Å²) in [5.74, 6) is -0.113. The largest absolute Gasteiger partial charge is 0.378 e. The van der Waals surface area contributed by atoms with E-state index >= 15 is 0 Å². The number of nitrogens with one attached hydrogen (secondary N) is 2. The number of likely N-dealkylation sites (N-methyl/N-ethyl adjacent to an activating group) is 1. The molecular weight excluding hydrogens is 304 g/mol. The molecule has 0 aliphatic rings. The van der Waals surface area contributed by atoms with Crippen molar-refractivity contribution in [2.75, 3.05) is 73.0 Å². The van der Waals surface area contributed by atoms with Crippen molar-refractivity contribution in [2.45, 2.75) is 13.3 Å². The van der Waals surface area contributed by atoms with Gasteiger partial charge in [0.1, 0.15) is 13.2 Å². The summed E-state index contributed by atoms with van der Waals surface area (Å²) in [6, 6.07) is 0. The number of hydrogen-bond donors (Lipinski definition) is 2. The molecule has 0 spiro atoms. The molecule has 0 bridgehead atoms. The molecule has 0 saturated heterocycles. The SMILES string of the molecule is CCC(=O)COCCOCCNC(=O)COCCOCCNC. The average molecular weight is 334 g/mol. The Balaban J connectivity index is 3.20. The Kier molecular flexibility index (Phi) is 16.5. The maximum atomic E-state index is 11.4. The second-order valence-corrected chi connectivity index (χ2v) is 4.68. The second kappa shape index (κ2) is 17.3. The Hall–Kier alpha value is -1.06. The van der Waals surface area contributed by atoms with Crippen molar-refractivity contribution in [1.29, 1.82) is 0 Å². The molecule has 0 aromatic heterocycles. The summed E-state index contributed by atoms with van der Waals surface area (Å²) in [6.07, 6.45) is 0.483. The van der Waals surface area contributed by atoms with Gasteiger partial charge in [-0.2, -0.15) is 0 Å². The van der Waals surface area contributed by atoms with Crippen LogP contribution in [0.3, 0.4) is 0 Å². The van der Waals surface area contributed by atoms with E-state index in [0.29, 0.717) is 52.6 Å². The van der Waals surface area contributed by atoms with E-state index in [4.69, 9.17) is 18.9 Å². The molecule has 8 heteroatoms. The van der Waals surface area contributed by atoms with Crippen LogP contribution in [0.15, 0.2) is 0 Å². The lowest BCUT2D eigenvalue weighted by atomic mass is 10.3. The Bertz CT molecular complexity index is 302. The highest BCUT2D eigenvalue weighted by atomic mass is 16.5. The molecule has 0 saturated carbocycles. The molecule has 0 heterocycles. The third-order valence-electron chi connectivity index (χ3n) is 2.70. The number of carbonyl (C=O) groups is 2. The van der Waals surface area contributed by atoms with Gasteiger partial charge in [0.05, 0.1) is 39.6 Å². The lowest BCUT2D eigenvalue weighted by Gasteiger charge is -2.08. The van der Waals surface area contributed by atoms with Gasteiger partial charge >= 0.3 is 0 Å². The highest BCUT2D eigenvalue weighted by molar-refractivity contribution is 5.79. The molecule has 1 amide bonds. The monoisotopic (exact) mass is 334 g/mol. The number of rotatable bonds is 17. The van der Waals surface area contributed by atoms with E-state index in [-0.39, 0.29) is 24.9 Å². The molecule has 8 nitrogen and oxygen atoms in total. The first kappa shape index (κ1) is 21.9. The molecule has 0 aromatic carbocycles. The van der Waals surface area contributed by atoms with E-state index in [9.17, 15) is 9.59 Å². The normalized spacial score (nSPS) is 10.7. The van der Waals surface area contributed by atoms with Crippen molar-refractivity contribution in [3.05, 3.63) is 0 Å². The Labute approximate surface area is 138 Å². The summed E-state index contributed by atoms with van der Waals surface area (Å²) < 4.78 is 20.8. The van der Waals surface area contributed by atoms with Gasteiger partial charge in [-0.1, -0.05) is 6.92 Å². The van der Waals surface area contributed by atoms with Crippen LogP contribution in [0.25, 0.3) is 0 Å². The second-order valence-electron chi connectivity index (χ2n) is 4.68. The van der Waals surface area contributed by atoms with E-state index in [1.165, 1.54) is 0 Å². The molecule has 2 N–H and O–H groups in total. The number of Topliss-reactive ketones (excluding diaryl/α,β-unsaturated/α-hetero) is 1. The number of ketones is 1. The molecule has 0 aromatic rings. The summed E-state index contributed by atoms with van der Waals surface area (Å²) >= 11 is 0. The van der Waals surface area contributed by atoms with E-state index in [1.807, 2.05) is 7.05 Å². The van der Waals surface area contributed by atoms with Crippen molar-refractivity contribution < 1.29 is 28.5 Å². The highest BCUT2D eigenvalue weighted by Crippen LogP contribution is 1.84. The number of hydrogen-bond acceptors (Lipinski definition) is 7. The standard InChI is InChI=1S/C15H30N2O6/c1-3-14(18)12-22-10-8-21-7-5-17-15(19)13-23-11-9-20-6-4-16-2/h16H,3-13H2,1-2H3,(H,17,19). The van der Waals surface area contributed by atoms with Crippen LogP contribution in [0, 0.1) is 0 Å². The highest BCUT2D eigenvalue weighted by Gasteiger charge is 2.01. The predicted octanol–water partition coefficient (Wildman–Crippen LogP) is -0.632. The topological polar surface area (TPSA) is 95.1 Å². The molecule has 0 unspecified atom stereocenters. The first-order valence-electron chi connectivity index (χ1n) is 7.94. The molecule has 136 valence electrons. The Morgan fingerprint density at radius 1 is 0.783 bits per heavy atom. The molecule has 0 aliphatic carbocycles. The summed E-state index contributed by atoms with van der Waals surface area (Å²) in [7, 11) is 1.86. The van der Waals surface area contributed by atoms with Crippen molar-refractivity contribution in [2.24, 2.45) is 0 Å². The quantitative estimate of drug-likeness (QED) is 0.342. The van der Waals surface area contributed by atoms with E-state index in [0.717, 1.165) is 6.54 Å². The minimum atomic E-state index is -0.186. The van der Waals surface area contributed by atoms with Crippen LogP contribution in [0.4, 0.5) is 0 Å². The minimum absolute atomic E-state index is 0.0115. The molecule has 0 fully saturated rings. The zero-order valence-electron chi connectivity index (χ0n) is 14.2. The molecule has 0 atom stereocenters. The van der Waals surface area contributed by atoms with Gasteiger partial charge in [-0.15, -0.1) is 0 Å². The molecule has 23 heavy (non-hydrogen) atoms. The van der Waals surface area contributed by atoms with Crippen molar-refractivity contribution >= 4 is 11.7 Å². The van der Waals surface area contributed by atoms with Gasteiger partial charge in [-0.05, 0) is 7.05 Å². The summed E-state index contributed by atoms with van der Waals surface area (Å²) in [4.78, 5) is 22.4. The van der Waals surface area contributed by atoms with Gasteiger partial charge < -0.3 is 29.6 Å². The van der Waals surface area contributed by atoms with Gasteiger partial charge in [-0.25, -0.2) is 0 Å². The van der Waals surface area contributed by atoms with Crippen LogP contribution >= 0.6 is 0 Å². The van der Waals surface area contributed by atoms with Crippen LogP contribution in [-0.2, 0) is 28.5 Å². The fourth-order valence-electron chi connectivity index (χ4n) is 1.38. The predicted molar refractivity (Wildman–Crippen MR) is 85.5 cm³/mol. The van der Waals surface area contributed by atoms with Gasteiger partial charge in [-0.3, -0.25) is 9.59 Å². The van der Waals surface area contributed by atoms with Crippen molar-refractivity contribution in [3.63, 3.8) is 0 Å². The molecule has 0 radical (unpaired) electrons. The van der Waals surface area contributed by atoms with Gasteiger partial charge in [0.15, 0.2) is 5.78 Å². The third kappa shape index (κ3) is 17.1. The maximum Gasteiger partial charge on any atom is 0.246 e. The third-order valence-corrected chi connectivity index (χ3v) is 2.70. The Morgan fingerprint density at radius 2 is 1.35 bits per heavy atom. The van der Waals surface area contributed by atoms with E-state index < -0.39 is 0 Å². The zero-order chi connectivity index (χ0) is 17.2. The lowest BCUT2D eigenvalue weighted by molar-refractivity contribution is -0.127. The molecular formula is C15H30N2O6. The first-order valence-corrected chi connectivity index (χ1v) is 7.94. The van der Waals surface area contributed by atoms with Gasteiger partial charge in [0.2, 0.25) is 5.91 Å². The Morgan fingerprint density at radius 3 is 1.96 bits per heavy atom. The van der Waals surface area contributed by atoms with Crippen LogP contribution < -0.4 is 10.6 Å². The summed E-state index contributed by atoms with van der Waals surface area (Å²) in [6.45, 7) is 5.79. The van der Waals surface area contributed by atoms with Crippen LogP contribution in [0.1, 0.15) is 13.3 Å². The van der Waals surface area contributed by atoms with Crippen molar-refractivity contribution in [3.8, 4) is 0 Å². The minimum Gasteiger partial charge on any atom is -0.378 e. The van der Waals surface area contributed by atoms with E-state index in [2.05, 4.69) is 10.6 Å². The van der Waals surface area contributed by atoms with E-state index in [1.54, 1.807) is 6.92 Å². The first-order chi connectivity index (χ1) is 11.2. The van der Waals surface area contributed by atoms with Crippen LogP contribution in [0.5, 0.6) is 0 Å². The fourth-order valence-corrected chi connectivity index (χ4v) is 1.38. The average Bonchev–Trinajstić information content (AvgIpc) is 2.56. The molecule has 0 aliphatic heterocycles. The lowest BCUT2D eigenvalue weighted by Crippen LogP contribution is -2.31. The molecule has 0 rings (SSSR count). The van der Waals surface area contributed by atoms with Crippen LogP contribution in [0.2, 0.25) is 0 Å². The maximum absolute atomic E-state index is 11.4. The number of ether oxygens (including phenoxy) is 4.